The van der Waals surface area contributed by atoms with Gasteiger partial charge in [0.2, 0.25) is 26.0 Å². The number of nitrogens with zero attached hydrogens (tertiary/aromatic N) is 2. The molecule has 2 aliphatic heterocycles. The Morgan fingerprint density at radius 1 is 0.800 bits per heavy atom. The lowest BCUT2D eigenvalue weighted by atomic mass is 9.99. The molecule has 0 saturated carbocycles. The van der Waals surface area contributed by atoms with Gasteiger partial charge in [-0.1, -0.05) is 30.2 Å². The number of piperidine rings is 2. The summed E-state index contributed by atoms with van der Waals surface area (Å²) in [6, 6.07) is 12.6. The van der Waals surface area contributed by atoms with E-state index in [2.05, 4.69) is 5.32 Å². The van der Waals surface area contributed by atoms with Crippen LogP contribution in [0.25, 0.3) is 0 Å². The van der Waals surface area contributed by atoms with Crippen molar-refractivity contribution >= 4 is 37.6 Å². The standard InChI is InChI=1S/C24H30ClN3O5S2/c25-21-8-12-23(13-9-21)35(32,33)28-16-4-5-20(18-28)24(29)26-17-19-6-10-22(11-7-19)34(30,31)27-14-2-1-3-15-27/h6-13,20H,1-5,14-18H2,(H,26,29)/t20-/m1/s1. The van der Waals surface area contributed by atoms with Gasteiger partial charge in [0.1, 0.15) is 0 Å². The molecule has 35 heavy (non-hydrogen) atoms. The Morgan fingerprint density at radius 2 is 1.34 bits per heavy atom. The third-order valence-electron chi connectivity index (χ3n) is 6.55. The fourth-order valence-corrected chi connectivity index (χ4v) is 7.66. The predicted molar refractivity (Wildman–Crippen MR) is 134 cm³/mol. The van der Waals surface area contributed by atoms with E-state index >= 15 is 0 Å². The van der Waals surface area contributed by atoms with Crippen molar-refractivity contribution in [2.24, 2.45) is 5.92 Å². The lowest BCUT2D eigenvalue weighted by Gasteiger charge is -2.31. The zero-order valence-corrected chi connectivity index (χ0v) is 21.8. The van der Waals surface area contributed by atoms with Crippen LogP contribution in [0.4, 0.5) is 0 Å². The molecule has 8 nitrogen and oxygen atoms in total. The third kappa shape index (κ3) is 6.06. The average Bonchev–Trinajstić information content (AvgIpc) is 2.88. The summed E-state index contributed by atoms with van der Waals surface area (Å²) in [6.45, 7) is 1.81. The van der Waals surface area contributed by atoms with Crippen LogP contribution in [0.2, 0.25) is 5.02 Å². The van der Waals surface area contributed by atoms with Crippen molar-refractivity contribution in [3.63, 3.8) is 0 Å². The summed E-state index contributed by atoms with van der Waals surface area (Å²) in [5.74, 6) is -0.671. The molecule has 0 unspecified atom stereocenters. The van der Waals surface area contributed by atoms with Crippen molar-refractivity contribution in [1.82, 2.24) is 13.9 Å². The minimum absolute atomic E-state index is 0.115. The van der Waals surface area contributed by atoms with Crippen LogP contribution in [0.5, 0.6) is 0 Å². The lowest BCUT2D eigenvalue weighted by Crippen LogP contribution is -2.45. The summed E-state index contributed by atoms with van der Waals surface area (Å²) in [7, 11) is -7.20. The topological polar surface area (TPSA) is 104 Å². The van der Waals surface area contributed by atoms with Gasteiger partial charge in [0.05, 0.1) is 15.7 Å². The monoisotopic (exact) mass is 539 g/mol. The molecule has 0 radical (unpaired) electrons. The quantitative estimate of drug-likeness (QED) is 0.582. The molecule has 2 aromatic carbocycles. The van der Waals surface area contributed by atoms with Crippen molar-refractivity contribution in [3.8, 4) is 0 Å². The van der Waals surface area contributed by atoms with Gasteiger partial charge in [0, 0.05) is 37.7 Å². The summed E-state index contributed by atoms with van der Waals surface area (Å²) >= 11 is 5.87. The Labute approximate surface area is 212 Å². The Balaban J connectivity index is 1.34. The van der Waals surface area contributed by atoms with Crippen molar-refractivity contribution in [1.29, 1.82) is 0 Å². The molecule has 1 amide bonds. The normalized spacial score (nSPS) is 20.4. The Kier molecular flexibility index (Phi) is 8.17. The number of rotatable bonds is 7. The van der Waals surface area contributed by atoms with Crippen molar-refractivity contribution in [3.05, 3.63) is 59.1 Å². The first-order valence-electron chi connectivity index (χ1n) is 11.8. The van der Waals surface area contributed by atoms with Gasteiger partial charge < -0.3 is 5.32 Å². The molecular weight excluding hydrogens is 510 g/mol. The Morgan fingerprint density at radius 3 is 1.97 bits per heavy atom. The summed E-state index contributed by atoms with van der Waals surface area (Å²) in [5, 5.41) is 3.33. The van der Waals surface area contributed by atoms with Gasteiger partial charge in [0.15, 0.2) is 0 Å². The first-order chi connectivity index (χ1) is 16.7. The van der Waals surface area contributed by atoms with Crippen LogP contribution in [0.15, 0.2) is 58.3 Å². The second-order valence-corrected chi connectivity index (χ2v) is 13.3. The van der Waals surface area contributed by atoms with Gasteiger partial charge in [-0.15, -0.1) is 0 Å². The van der Waals surface area contributed by atoms with E-state index < -0.39 is 26.0 Å². The van der Waals surface area contributed by atoms with E-state index in [0.29, 0.717) is 37.5 Å². The van der Waals surface area contributed by atoms with Gasteiger partial charge in [0.25, 0.3) is 0 Å². The molecule has 4 rings (SSSR count). The molecule has 2 aromatic rings. The largest absolute Gasteiger partial charge is 0.352 e. The number of halogens is 1. The molecule has 0 aromatic heterocycles. The zero-order valence-electron chi connectivity index (χ0n) is 19.4. The fraction of sp³-hybridized carbons (Fsp3) is 0.458. The second kappa shape index (κ2) is 11.0. The first kappa shape index (κ1) is 26.1. The molecule has 0 bridgehead atoms. The second-order valence-electron chi connectivity index (χ2n) is 8.98. The van der Waals surface area contributed by atoms with E-state index in [0.717, 1.165) is 24.8 Å². The molecule has 0 aliphatic carbocycles. The third-order valence-corrected chi connectivity index (χ3v) is 10.6. The van der Waals surface area contributed by atoms with E-state index in [1.54, 1.807) is 24.3 Å². The number of hydrogen-bond donors (Lipinski definition) is 1. The molecule has 2 aliphatic rings. The first-order valence-corrected chi connectivity index (χ1v) is 15.1. The number of sulfonamides is 2. The molecule has 1 atom stereocenters. The van der Waals surface area contributed by atoms with Crippen molar-refractivity contribution in [2.45, 2.75) is 48.4 Å². The highest BCUT2D eigenvalue weighted by Gasteiger charge is 2.33. The maximum atomic E-state index is 13.0. The van der Waals surface area contributed by atoms with Crippen LogP contribution in [-0.2, 0) is 31.4 Å². The maximum absolute atomic E-state index is 13.0. The van der Waals surface area contributed by atoms with Crippen molar-refractivity contribution in [2.75, 3.05) is 26.2 Å². The Hall–Kier alpha value is -1.98. The highest BCUT2D eigenvalue weighted by atomic mass is 35.5. The molecule has 11 heteroatoms. The van der Waals surface area contributed by atoms with Gasteiger partial charge in [-0.2, -0.15) is 8.61 Å². The summed E-state index contributed by atoms with van der Waals surface area (Å²) in [6.07, 6.45) is 4.00. The van der Waals surface area contributed by atoms with Gasteiger partial charge in [-0.25, -0.2) is 16.8 Å². The minimum Gasteiger partial charge on any atom is -0.352 e. The molecule has 1 N–H and O–H groups in total. The van der Waals surface area contributed by atoms with E-state index in [4.69, 9.17) is 11.6 Å². The predicted octanol–water partition coefficient (Wildman–Crippen LogP) is 3.23. The van der Waals surface area contributed by atoms with E-state index in [-0.39, 0.29) is 28.8 Å². The van der Waals surface area contributed by atoms with E-state index in [1.807, 2.05) is 0 Å². The molecule has 2 heterocycles. The summed E-state index contributed by atoms with van der Waals surface area (Å²) in [5.41, 5.74) is 0.775. The maximum Gasteiger partial charge on any atom is 0.243 e. The van der Waals surface area contributed by atoms with Crippen LogP contribution in [0, 0.1) is 5.92 Å². The van der Waals surface area contributed by atoms with E-state index in [1.165, 1.54) is 32.9 Å². The zero-order chi connectivity index (χ0) is 25.1. The van der Waals surface area contributed by atoms with E-state index in [9.17, 15) is 21.6 Å². The van der Waals surface area contributed by atoms with Crippen LogP contribution < -0.4 is 5.32 Å². The summed E-state index contributed by atoms with van der Waals surface area (Å²) < 4.78 is 54.4. The van der Waals surface area contributed by atoms with Crippen LogP contribution in [0.3, 0.4) is 0 Å². The highest BCUT2D eigenvalue weighted by Crippen LogP contribution is 2.25. The van der Waals surface area contributed by atoms with Crippen molar-refractivity contribution < 1.29 is 21.6 Å². The molecule has 190 valence electrons. The average molecular weight is 540 g/mol. The van der Waals surface area contributed by atoms with Crippen LogP contribution >= 0.6 is 11.6 Å². The number of carbonyl (C=O) groups is 1. The SMILES string of the molecule is O=C(NCc1ccc(S(=O)(=O)N2CCCCC2)cc1)[C@@H]1CCCN(S(=O)(=O)c2ccc(Cl)cc2)C1. The van der Waals surface area contributed by atoms with Crippen LogP contribution in [-0.4, -0.2) is 57.5 Å². The Bertz CT molecular complexity index is 1240. The van der Waals surface area contributed by atoms with Crippen LogP contribution in [0.1, 0.15) is 37.7 Å². The summed E-state index contributed by atoms with van der Waals surface area (Å²) in [4.78, 5) is 13.2. The highest BCUT2D eigenvalue weighted by molar-refractivity contribution is 7.89. The fourth-order valence-electron chi connectivity index (χ4n) is 4.50. The lowest BCUT2D eigenvalue weighted by molar-refractivity contribution is -0.126. The molecule has 2 saturated heterocycles. The molecular formula is C24H30ClN3O5S2. The molecule has 0 spiro atoms. The smallest absolute Gasteiger partial charge is 0.243 e. The number of carbonyl (C=O) groups excluding carboxylic acids is 1. The van der Waals surface area contributed by atoms with Gasteiger partial charge >= 0.3 is 0 Å². The van der Waals surface area contributed by atoms with Gasteiger partial charge in [-0.05, 0) is 67.6 Å². The number of nitrogens with one attached hydrogen (secondary N) is 1. The molecule has 2 fully saturated rings. The minimum atomic E-state index is -3.71. The number of benzene rings is 2. The number of hydrogen-bond acceptors (Lipinski definition) is 5. The van der Waals surface area contributed by atoms with Gasteiger partial charge in [-0.3, -0.25) is 4.79 Å². The number of amides is 1.